The van der Waals surface area contributed by atoms with E-state index in [2.05, 4.69) is 20.1 Å². The molecule has 22 heavy (non-hydrogen) atoms. The highest BCUT2D eigenvalue weighted by Crippen LogP contribution is 2.14. The van der Waals surface area contributed by atoms with Gasteiger partial charge in [0, 0.05) is 11.6 Å². The van der Waals surface area contributed by atoms with Crippen LogP contribution in [-0.4, -0.2) is 26.9 Å². The molecule has 0 bridgehead atoms. The second-order valence-corrected chi connectivity index (χ2v) is 5.30. The molecule has 6 nitrogen and oxygen atoms in total. The van der Waals surface area contributed by atoms with Crippen LogP contribution in [0.25, 0.3) is 10.9 Å². The van der Waals surface area contributed by atoms with Crippen LogP contribution in [0, 0.1) is 0 Å². The van der Waals surface area contributed by atoms with Crippen molar-refractivity contribution in [3.63, 3.8) is 0 Å². The van der Waals surface area contributed by atoms with Crippen LogP contribution in [-0.2, 0) is 0 Å². The predicted octanol–water partition coefficient (Wildman–Crippen LogP) is 1.75. The smallest absolute Gasteiger partial charge is 0.261 e. The first kappa shape index (κ1) is 14.3. The van der Waals surface area contributed by atoms with Gasteiger partial charge >= 0.3 is 0 Å². The third-order valence-electron chi connectivity index (χ3n) is 3.19. The summed E-state index contributed by atoms with van der Waals surface area (Å²) in [4.78, 5) is 23.5. The Kier molecular flexibility index (Phi) is 3.88. The minimum absolute atomic E-state index is 0.293. The number of aromatic nitrogens is 3. The van der Waals surface area contributed by atoms with E-state index in [1.807, 2.05) is 36.6 Å². The van der Waals surface area contributed by atoms with E-state index in [0.29, 0.717) is 22.1 Å². The summed E-state index contributed by atoms with van der Waals surface area (Å²) in [6.45, 7) is 0. The van der Waals surface area contributed by atoms with E-state index >= 15 is 0 Å². The number of nitrogens with two attached hydrogens (primary N) is 1. The Labute approximate surface area is 130 Å². The molecule has 7 heteroatoms. The predicted molar refractivity (Wildman–Crippen MR) is 88.2 cm³/mol. The number of fused-ring (bicyclic) bond motifs is 1. The molecular weight excluding hydrogens is 298 g/mol. The topological polar surface area (TPSA) is 97.0 Å². The molecule has 0 spiro atoms. The highest BCUT2D eigenvalue weighted by Gasteiger charge is 2.14. The summed E-state index contributed by atoms with van der Waals surface area (Å²) in [6.07, 6.45) is 3.30. The Morgan fingerprint density at radius 3 is 2.82 bits per heavy atom. The van der Waals surface area contributed by atoms with Gasteiger partial charge < -0.3 is 10.8 Å². The van der Waals surface area contributed by atoms with Gasteiger partial charge in [-0.25, -0.2) is 9.97 Å². The van der Waals surface area contributed by atoms with Crippen LogP contribution >= 0.6 is 11.8 Å². The van der Waals surface area contributed by atoms with E-state index in [9.17, 15) is 4.79 Å². The summed E-state index contributed by atoms with van der Waals surface area (Å²) in [5.74, 6) is 5.48. The minimum atomic E-state index is -0.293. The Morgan fingerprint density at radius 1 is 1.27 bits per heavy atom. The Hall–Kier alpha value is -2.67. The molecule has 0 aliphatic heterocycles. The second-order valence-electron chi connectivity index (χ2n) is 4.50. The number of hydrazone groups is 1. The highest BCUT2D eigenvalue weighted by atomic mass is 32.2. The summed E-state index contributed by atoms with van der Waals surface area (Å²) in [7, 11) is 0. The average molecular weight is 311 g/mol. The fourth-order valence-corrected chi connectivity index (χ4v) is 2.48. The fourth-order valence-electron chi connectivity index (χ4n) is 2.12. The molecule has 0 aliphatic rings. The maximum Gasteiger partial charge on any atom is 0.261 e. The molecule has 1 aromatic carbocycles. The molecule has 0 unspecified atom stereocenters. The molecular formula is C15H13N5OS. The Bertz CT molecular complexity index is 919. The van der Waals surface area contributed by atoms with E-state index in [-0.39, 0.29) is 5.56 Å². The van der Waals surface area contributed by atoms with Gasteiger partial charge in [0.2, 0.25) is 0 Å². The third-order valence-corrected chi connectivity index (χ3v) is 3.79. The molecule has 2 aromatic heterocycles. The minimum Gasteiger partial charge on any atom is -0.323 e. The molecule has 2 heterocycles. The molecule has 110 valence electrons. The molecule has 3 N–H and O–H groups in total. The van der Waals surface area contributed by atoms with E-state index in [4.69, 9.17) is 5.84 Å². The van der Waals surface area contributed by atoms with Crippen LogP contribution in [0.5, 0.6) is 0 Å². The van der Waals surface area contributed by atoms with E-state index < -0.39 is 0 Å². The zero-order chi connectivity index (χ0) is 15.5. The first-order chi connectivity index (χ1) is 10.7. The Morgan fingerprint density at radius 2 is 2.09 bits per heavy atom. The number of nitrogens with one attached hydrogen (secondary N) is 1. The van der Waals surface area contributed by atoms with Crippen molar-refractivity contribution in [1.82, 2.24) is 15.0 Å². The van der Waals surface area contributed by atoms with E-state index in [0.717, 1.165) is 10.9 Å². The summed E-state index contributed by atoms with van der Waals surface area (Å²) >= 11 is 1.36. The molecule has 0 saturated carbocycles. The van der Waals surface area contributed by atoms with Gasteiger partial charge in [0.05, 0.1) is 16.8 Å². The van der Waals surface area contributed by atoms with Gasteiger partial charge in [-0.15, -0.1) is 0 Å². The van der Waals surface area contributed by atoms with Gasteiger partial charge in [-0.1, -0.05) is 36.0 Å². The van der Waals surface area contributed by atoms with Gasteiger partial charge in [0.25, 0.3) is 5.56 Å². The third kappa shape index (κ3) is 2.58. The van der Waals surface area contributed by atoms with Crippen molar-refractivity contribution >= 4 is 28.4 Å². The number of hydrogen-bond donors (Lipinski definition) is 2. The molecule has 3 rings (SSSR count). The highest BCUT2D eigenvalue weighted by molar-refractivity contribution is 7.98. The number of benzene rings is 1. The van der Waals surface area contributed by atoms with Crippen molar-refractivity contribution in [3.05, 3.63) is 64.2 Å². The molecule has 0 fully saturated rings. The Balaban J connectivity index is 2.12. The number of rotatable bonds is 3. The van der Waals surface area contributed by atoms with E-state index in [1.165, 1.54) is 18.0 Å². The lowest BCUT2D eigenvalue weighted by Gasteiger charge is -2.06. The maximum absolute atomic E-state index is 12.2. The summed E-state index contributed by atoms with van der Waals surface area (Å²) < 4.78 is 0. The van der Waals surface area contributed by atoms with Crippen LogP contribution in [0.1, 0.15) is 11.3 Å². The van der Waals surface area contributed by atoms with Gasteiger partial charge in [-0.05, 0) is 18.4 Å². The summed E-state index contributed by atoms with van der Waals surface area (Å²) in [5.41, 5.74) is 1.66. The lowest BCUT2D eigenvalue weighted by atomic mass is 10.1. The normalized spacial score (nSPS) is 11.8. The average Bonchev–Trinajstić information content (AvgIpc) is 2.56. The van der Waals surface area contributed by atoms with Gasteiger partial charge in [-0.3, -0.25) is 4.79 Å². The largest absolute Gasteiger partial charge is 0.323 e. The van der Waals surface area contributed by atoms with Crippen molar-refractivity contribution in [3.8, 4) is 0 Å². The van der Waals surface area contributed by atoms with Gasteiger partial charge in [0.1, 0.15) is 5.71 Å². The van der Waals surface area contributed by atoms with Crippen LogP contribution in [0.15, 0.2) is 57.6 Å². The lowest BCUT2D eigenvalue weighted by molar-refractivity contribution is 0.933. The van der Waals surface area contributed by atoms with E-state index in [1.54, 1.807) is 6.07 Å². The first-order valence-corrected chi connectivity index (χ1v) is 7.73. The number of thioether (sulfide) groups is 1. The fraction of sp³-hybridized carbons (Fsp3) is 0.0667. The SMILES string of the molecule is CSc1ncc(C(=NN)c2ccc3ccccc3n2)c(=O)[nH]1. The van der Waals surface area contributed by atoms with Crippen molar-refractivity contribution < 1.29 is 0 Å². The first-order valence-electron chi connectivity index (χ1n) is 6.50. The standard InChI is InChI=1S/C15H13N5OS/c1-22-15-17-8-10(14(21)19-15)13(20-16)12-7-6-9-4-2-3-5-11(9)18-12/h2-8H,16H2,1H3,(H,17,19,21). The van der Waals surface area contributed by atoms with Crippen LogP contribution in [0.2, 0.25) is 0 Å². The van der Waals surface area contributed by atoms with Crippen molar-refractivity contribution in [2.24, 2.45) is 10.9 Å². The van der Waals surface area contributed by atoms with Gasteiger partial charge in [-0.2, -0.15) is 5.10 Å². The number of H-pyrrole nitrogens is 1. The quantitative estimate of drug-likeness (QED) is 0.252. The van der Waals surface area contributed by atoms with Crippen molar-refractivity contribution in [2.75, 3.05) is 6.26 Å². The molecule has 0 amide bonds. The molecule has 0 aliphatic carbocycles. The van der Waals surface area contributed by atoms with Gasteiger partial charge in [0.15, 0.2) is 5.16 Å². The van der Waals surface area contributed by atoms with Crippen molar-refractivity contribution in [2.45, 2.75) is 5.16 Å². The zero-order valence-corrected chi connectivity index (χ0v) is 12.6. The van der Waals surface area contributed by atoms with Crippen LogP contribution < -0.4 is 11.4 Å². The molecule has 0 atom stereocenters. The molecule has 3 aromatic rings. The second kappa shape index (κ2) is 5.98. The number of hydrogen-bond acceptors (Lipinski definition) is 6. The summed E-state index contributed by atoms with van der Waals surface area (Å²) in [5, 5.41) is 5.28. The summed E-state index contributed by atoms with van der Waals surface area (Å²) in [6, 6.07) is 11.4. The monoisotopic (exact) mass is 311 g/mol. The number of aromatic amines is 1. The number of pyridine rings is 1. The number of para-hydroxylation sites is 1. The molecule has 0 saturated heterocycles. The number of nitrogens with zero attached hydrogens (tertiary/aromatic N) is 3. The molecule has 0 radical (unpaired) electrons. The van der Waals surface area contributed by atoms with Crippen LogP contribution in [0.3, 0.4) is 0 Å². The zero-order valence-electron chi connectivity index (χ0n) is 11.8. The van der Waals surface area contributed by atoms with Crippen molar-refractivity contribution in [1.29, 1.82) is 0 Å². The maximum atomic E-state index is 12.2. The lowest BCUT2D eigenvalue weighted by Crippen LogP contribution is -2.22. The van der Waals surface area contributed by atoms with Crippen LogP contribution in [0.4, 0.5) is 0 Å².